The number of carbonyl (C=O) groups is 2. The van der Waals surface area contributed by atoms with Crippen molar-refractivity contribution in [1.29, 1.82) is 0 Å². The smallest absolute Gasteiger partial charge is 0.251 e. The minimum Gasteiger partial charge on any atom is -0.356 e. The highest BCUT2D eigenvalue weighted by Crippen LogP contribution is 2.30. The molecule has 3 rings (SSSR count). The third kappa shape index (κ3) is 3.37. The number of hydrogen-bond donors (Lipinski definition) is 1. The number of nitrogens with one attached hydrogen (secondary N) is 1. The topological polar surface area (TPSA) is 58.6 Å². The zero-order chi connectivity index (χ0) is 16.4. The maximum Gasteiger partial charge on any atom is 0.251 e. The van der Waals surface area contributed by atoms with Gasteiger partial charge in [0.1, 0.15) is 12.4 Å². The fourth-order valence-electron chi connectivity index (χ4n) is 3.34. The van der Waals surface area contributed by atoms with Crippen LogP contribution in [0.3, 0.4) is 0 Å². The number of nitrogens with zero attached hydrogens (tertiary/aromatic N) is 1. The van der Waals surface area contributed by atoms with E-state index in [0.29, 0.717) is 5.56 Å². The van der Waals surface area contributed by atoms with Gasteiger partial charge in [-0.15, -0.1) is 0 Å². The van der Waals surface area contributed by atoms with Crippen molar-refractivity contribution in [2.75, 3.05) is 13.7 Å². The number of morpholine rings is 1. The van der Waals surface area contributed by atoms with Gasteiger partial charge in [-0.3, -0.25) is 9.59 Å². The first-order valence-corrected chi connectivity index (χ1v) is 7.99. The molecule has 1 aromatic carbocycles. The number of ether oxygens (including phenoxy) is 1. The van der Waals surface area contributed by atoms with Gasteiger partial charge in [-0.05, 0) is 30.5 Å². The zero-order valence-corrected chi connectivity index (χ0v) is 13.1. The summed E-state index contributed by atoms with van der Waals surface area (Å²) in [4.78, 5) is 26.1. The van der Waals surface area contributed by atoms with Crippen molar-refractivity contribution in [2.45, 2.75) is 43.9 Å². The quantitative estimate of drug-likeness (QED) is 0.923. The number of likely N-dealkylation sites (N-methyl/N-ethyl adjacent to an activating group) is 1. The van der Waals surface area contributed by atoms with Crippen LogP contribution in [-0.2, 0) is 14.3 Å². The molecule has 1 saturated heterocycles. The van der Waals surface area contributed by atoms with Crippen LogP contribution in [0.1, 0.15) is 37.3 Å². The fraction of sp³-hybridized carbons (Fsp3) is 0.529. The molecule has 0 aromatic heterocycles. The van der Waals surface area contributed by atoms with Crippen LogP contribution in [-0.4, -0.2) is 42.5 Å². The second-order valence-corrected chi connectivity index (χ2v) is 6.22. The van der Waals surface area contributed by atoms with Crippen LogP contribution in [0, 0.1) is 5.82 Å². The molecule has 5 nitrogen and oxygen atoms in total. The van der Waals surface area contributed by atoms with E-state index in [1.165, 1.54) is 17.0 Å². The lowest BCUT2D eigenvalue weighted by Gasteiger charge is -2.38. The molecule has 1 N–H and O–H groups in total. The summed E-state index contributed by atoms with van der Waals surface area (Å²) in [5.74, 6) is -0.749. The van der Waals surface area contributed by atoms with E-state index in [1.54, 1.807) is 19.2 Å². The van der Waals surface area contributed by atoms with Crippen molar-refractivity contribution in [3.05, 3.63) is 35.6 Å². The van der Waals surface area contributed by atoms with Gasteiger partial charge < -0.3 is 15.0 Å². The van der Waals surface area contributed by atoms with Gasteiger partial charge in [-0.25, -0.2) is 4.39 Å². The normalized spacial score (nSPS) is 25.7. The van der Waals surface area contributed by atoms with Gasteiger partial charge in [-0.2, -0.15) is 0 Å². The van der Waals surface area contributed by atoms with Crippen LogP contribution in [0.25, 0.3) is 0 Å². The monoisotopic (exact) mass is 320 g/mol. The summed E-state index contributed by atoms with van der Waals surface area (Å²) >= 11 is 0. The maximum absolute atomic E-state index is 13.2. The molecule has 0 bridgehead atoms. The Morgan fingerprint density at radius 2 is 1.91 bits per heavy atom. The van der Waals surface area contributed by atoms with Gasteiger partial charge >= 0.3 is 0 Å². The lowest BCUT2D eigenvalue weighted by molar-refractivity contribution is -0.162. The summed E-state index contributed by atoms with van der Waals surface area (Å²) in [6.45, 7) is -0.114. The molecule has 2 aliphatic rings. The van der Waals surface area contributed by atoms with Gasteiger partial charge in [0.2, 0.25) is 5.91 Å². The van der Waals surface area contributed by atoms with Crippen LogP contribution in [0.15, 0.2) is 24.3 Å². The van der Waals surface area contributed by atoms with Crippen molar-refractivity contribution in [3.8, 4) is 0 Å². The van der Waals surface area contributed by atoms with Crippen LogP contribution in [0.2, 0.25) is 0 Å². The number of benzene rings is 1. The van der Waals surface area contributed by atoms with Gasteiger partial charge in [0.15, 0.2) is 6.10 Å². The number of hydrogen-bond acceptors (Lipinski definition) is 3. The first kappa shape index (κ1) is 15.9. The molecular weight excluding hydrogens is 299 g/mol. The summed E-state index contributed by atoms with van der Waals surface area (Å²) in [7, 11) is 1.65. The Hall–Kier alpha value is -1.95. The third-order valence-corrected chi connectivity index (χ3v) is 4.66. The standard InChI is InChI=1S/C17H21FN2O3/c1-20-14(21)10-23-16(17(22)19-13-4-2-3-5-13)15(20)11-6-8-12(18)9-7-11/h6-9,13,15-16H,2-5,10H2,1H3,(H,19,22)/t15-,16+/m1/s1. The van der Waals surface area contributed by atoms with E-state index in [9.17, 15) is 14.0 Å². The van der Waals surface area contributed by atoms with Crippen LogP contribution in [0.5, 0.6) is 0 Å². The van der Waals surface area contributed by atoms with Crippen molar-refractivity contribution >= 4 is 11.8 Å². The Bertz CT molecular complexity index is 584. The zero-order valence-electron chi connectivity index (χ0n) is 13.1. The first-order chi connectivity index (χ1) is 11.1. The highest BCUT2D eigenvalue weighted by Gasteiger charge is 2.40. The summed E-state index contributed by atoms with van der Waals surface area (Å²) in [5, 5.41) is 3.02. The maximum atomic E-state index is 13.2. The minimum absolute atomic E-state index is 0.114. The highest BCUT2D eigenvalue weighted by molar-refractivity contribution is 5.86. The molecular formula is C17H21FN2O3. The van der Waals surface area contributed by atoms with Gasteiger partial charge in [0.05, 0.1) is 6.04 Å². The molecule has 0 unspecified atom stereocenters. The number of amides is 2. The van der Waals surface area contributed by atoms with E-state index in [-0.39, 0.29) is 30.3 Å². The molecule has 1 aromatic rings. The molecule has 0 radical (unpaired) electrons. The van der Waals surface area contributed by atoms with Crippen LogP contribution < -0.4 is 5.32 Å². The van der Waals surface area contributed by atoms with E-state index in [4.69, 9.17) is 4.74 Å². The molecule has 2 amide bonds. The van der Waals surface area contributed by atoms with E-state index < -0.39 is 12.1 Å². The Kier molecular flexibility index (Phi) is 4.61. The van der Waals surface area contributed by atoms with Gasteiger partial charge in [0.25, 0.3) is 5.91 Å². The van der Waals surface area contributed by atoms with Crippen molar-refractivity contribution < 1.29 is 18.7 Å². The molecule has 2 fully saturated rings. The lowest BCUT2D eigenvalue weighted by atomic mass is 9.97. The Morgan fingerprint density at radius 1 is 1.26 bits per heavy atom. The second-order valence-electron chi connectivity index (χ2n) is 6.22. The molecule has 23 heavy (non-hydrogen) atoms. The van der Waals surface area contributed by atoms with Crippen LogP contribution >= 0.6 is 0 Å². The molecule has 124 valence electrons. The Labute approximate surface area is 134 Å². The Morgan fingerprint density at radius 3 is 2.57 bits per heavy atom. The Balaban J connectivity index is 1.81. The van der Waals surface area contributed by atoms with E-state index in [0.717, 1.165) is 25.7 Å². The first-order valence-electron chi connectivity index (χ1n) is 7.99. The molecule has 1 aliphatic heterocycles. The number of rotatable bonds is 3. The largest absolute Gasteiger partial charge is 0.356 e. The number of halogens is 1. The highest BCUT2D eigenvalue weighted by atomic mass is 19.1. The molecule has 1 heterocycles. The summed E-state index contributed by atoms with van der Waals surface area (Å²) < 4.78 is 18.7. The van der Waals surface area contributed by atoms with Crippen LogP contribution in [0.4, 0.5) is 4.39 Å². The second kappa shape index (κ2) is 6.66. The van der Waals surface area contributed by atoms with E-state index in [2.05, 4.69) is 5.32 Å². The summed E-state index contributed by atoms with van der Waals surface area (Å²) in [5.41, 5.74) is 0.688. The molecule has 1 saturated carbocycles. The average molecular weight is 320 g/mol. The van der Waals surface area contributed by atoms with Crippen molar-refractivity contribution in [1.82, 2.24) is 10.2 Å². The minimum atomic E-state index is -0.774. The third-order valence-electron chi connectivity index (χ3n) is 4.66. The van der Waals surface area contributed by atoms with Gasteiger partial charge in [-0.1, -0.05) is 25.0 Å². The van der Waals surface area contributed by atoms with E-state index in [1.807, 2.05) is 0 Å². The van der Waals surface area contributed by atoms with E-state index >= 15 is 0 Å². The molecule has 0 spiro atoms. The SMILES string of the molecule is CN1C(=O)CO[C@H](C(=O)NC2CCCC2)[C@H]1c1ccc(F)cc1. The molecule has 2 atom stereocenters. The summed E-state index contributed by atoms with van der Waals surface area (Å²) in [6.07, 6.45) is 3.43. The molecule has 1 aliphatic carbocycles. The van der Waals surface area contributed by atoms with Crippen molar-refractivity contribution in [2.24, 2.45) is 0 Å². The van der Waals surface area contributed by atoms with Crippen molar-refractivity contribution in [3.63, 3.8) is 0 Å². The molecule has 6 heteroatoms. The fourth-order valence-corrected chi connectivity index (χ4v) is 3.34. The average Bonchev–Trinajstić information content (AvgIpc) is 3.04. The van der Waals surface area contributed by atoms with Gasteiger partial charge in [0, 0.05) is 13.1 Å². The summed E-state index contributed by atoms with van der Waals surface area (Å²) in [6, 6.07) is 5.48. The lowest BCUT2D eigenvalue weighted by Crippen LogP contribution is -2.54. The number of carbonyl (C=O) groups excluding carboxylic acids is 2. The predicted molar refractivity (Wildman–Crippen MR) is 82.0 cm³/mol. The predicted octanol–water partition coefficient (Wildman–Crippen LogP) is 1.78.